The van der Waals surface area contributed by atoms with Crippen LogP contribution >= 0.6 is 0 Å². The fourth-order valence-electron chi connectivity index (χ4n) is 1.75. The second-order valence-corrected chi connectivity index (χ2v) is 4.29. The van der Waals surface area contributed by atoms with Crippen molar-refractivity contribution in [1.82, 2.24) is 15.0 Å². The molecular formula is C14H18N4O4. The molecule has 2 N–H and O–H groups in total. The Labute approximate surface area is 127 Å². The lowest BCUT2D eigenvalue weighted by molar-refractivity contribution is 0.0520. The molecule has 0 aliphatic carbocycles. The second-order valence-electron chi connectivity index (χ2n) is 4.29. The maximum Gasteiger partial charge on any atom is 0.362 e. The number of hydrogen-bond acceptors (Lipinski definition) is 7. The Morgan fingerprint density at radius 3 is 2.59 bits per heavy atom. The number of carbonyl (C=O) groups is 1. The Bertz CT molecular complexity index is 624. The molecule has 8 heteroatoms. The van der Waals surface area contributed by atoms with Crippen molar-refractivity contribution in [3.63, 3.8) is 0 Å². The summed E-state index contributed by atoms with van der Waals surface area (Å²) in [6.07, 6.45) is 0. The molecule has 0 fully saturated rings. The average Bonchev–Trinajstić information content (AvgIpc) is 2.89. The highest BCUT2D eigenvalue weighted by molar-refractivity contribution is 5.91. The molecule has 0 unspecified atom stereocenters. The maximum absolute atomic E-state index is 11.6. The van der Waals surface area contributed by atoms with Crippen LogP contribution in [-0.2, 0) is 11.3 Å². The molecule has 2 aromatic rings. The van der Waals surface area contributed by atoms with Gasteiger partial charge >= 0.3 is 5.97 Å². The first-order valence-corrected chi connectivity index (χ1v) is 6.78. The molecule has 0 radical (unpaired) electrons. The molecule has 1 aromatic carbocycles. The number of nitrogen functional groups attached to an aromatic ring is 1. The minimum Gasteiger partial charge on any atom is -0.497 e. The Morgan fingerprint density at radius 1 is 1.27 bits per heavy atom. The topological polar surface area (TPSA) is 101 Å². The number of carbonyl (C=O) groups excluding carboxylic acids is 1. The molecule has 0 aliphatic heterocycles. The van der Waals surface area contributed by atoms with Gasteiger partial charge in [-0.3, -0.25) is 0 Å². The second kappa shape index (κ2) is 7.30. The average molecular weight is 306 g/mol. The normalized spacial score (nSPS) is 10.3. The van der Waals surface area contributed by atoms with E-state index in [1.54, 1.807) is 38.3 Å². The van der Waals surface area contributed by atoms with Crippen molar-refractivity contribution in [3.8, 4) is 11.5 Å². The summed E-state index contributed by atoms with van der Waals surface area (Å²) in [5.74, 6) is 1.04. The van der Waals surface area contributed by atoms with E-state index >= 15 is 0 Å². The van der Waals surface area contributed by atoms with Gasteiger partial charge < -0.3 is 19.9 Å². The quantitative estimate of drug-likeness (QED) is 0.765. The Balaban J connectivity index is 1.90. The van der Waals surface area contributed by atoms with E-state index in [1.165, 1.54) is 4.68 Å². The number of esters is 1. The third-order valence-electron chi connectivity index (χ3n) is 2.87. The van der Waals surface area contributed by atoms with Gasteiger partial charge in [0.25, 0.3) is 0 Å². The molecule has 1 heterocycles. The Kier molecular flexibility index (Phi) is 5.18. The molecule has 2 rings (SSSR count). The zero-order valence-corrected chi connectivity index (χ0v) is 12.5. The van der Waals surface area contributed by atoms with Crippen LogP contribution in [0.2, 0.25) is 0 Å². The minimum atomic E-state index is -0.581. The van der Waals surface area contributed by atoms with E-state index in [0.29, 0.717) is 18.9 Å². The first-order chi connectivity index (χ1) is 10.7. The summed E-state index contributed by atoms with van der Waals surface area (Å²) in [5.41, 5.74) is 5.84. The lowest BCUT2D eigenvalue weighted by atomic mass is 10.3. The van der Waals surface area contributed by atoms with Gasteiger partial charge in [0.15, 0.2) is 5.82 Å². The van der Waals surface area contributed by atoms with Crippen molar-refractivity contribution < 1.29 is 19.0 Å². The minimum absolute atomic E-state index is 0.0197. The van der Waals surface area contributed by atoms with Crippen molar-refractivity contribution in [1.29, 1.82) is 0 Å². The number of methoxy groups -OCH3 is 1. The monoisotopic (exact) mass is 306 g/mol. The Morgan fingerprint density at radius 2 is 1.95 bits per heavy atom. The van der Waals surface area contributed by atoms with E-state index < -0.39 is 5.97 Å². The molecule has 22 heavy (non-hydrogen) atoms. The summed E-state index contributed by atoms with van der Waals surface area (Å²) in [4.78, 5) is 11.6. The molecule has 0 saturated carbocycles. The number of anilines is 1. The third kappa shape index (κ3) is 3.66. The summed E-state index contributed by atoms with van der Waals surface area (Å²) in [7, 11) is 1.60. The van der Waals surface area contributed by atoms with Crippen molar-refractivity contribution in [2.75, 3.05) is 26.1 Å². The van der Waals surface area contributed by atoms with Crippen LogP contribution < -0.4 is 15.2 Å². The van der Waals surface area contributed by atoms with Crippen molar-refractivity contribution in [3.05, 3.63) is 30.0 Å². The summed E-state index contributed by atoms with van der Waals surface area (Å²) in [6, 6.07) is 7.21. The van der Waals surface area contributed by atoms with Crippen LogP contribution in [0, 0.1) is 0 Å². The SMILES string of the molecule is CCOC(=O)c1nnn(CCOc2ccc(OC)cc2)c1N. The summed E-state index contributed by atoms with van der Waals surface area (Å²) in [6.45, 7) is 2.67. The number of hydrogen-bond donors (Lipinski definition) is 1. The van der Waals surface area contributed by atoms with E-state index in [1.807, 2.05) is 0 Å². The largest absolute Gasteiger partial charge is 0.497 e. The third-order valence-corrected chi connectivity index (χ3v) is 2.87. The predicted molar refractivity (Wildman–Crippen MR) is 78.9 cm³/mol. The highest BCUT2D eigenvalue weighted by Crippen LogP contribution is 2.17. The van der Waals surface area contributed by atoms with Crippen LogP contribution in [0.5, 0.6) is 11.5 Å². The summed E-state index contributed by atoms with van der Waals surface area (Å²) >= 11 is 0. The molecule has 0 spiro atoms. The lowest BCUT2D eigenvalue weighted by Crippen LogP contribution is -2.13. The van der Waals surface area contributed by atoms with Gasteiger partial charge in [0, 0.05) is 0 Å². The summed E-state index contributed by atoms with van der Waals surface area (Å²) < 4.78 is 16.9. The van der Waals surface area contributed by atoms with Gasteiger partial charge in [0.2, 0.25) is 5.69 Å². The smallest absolute Gasteiger partial charge is 0.362 e. The number of nitrogens with two attached hydrogens (primary N) is 1. The first-order valence-electron chi connectivity index (χ1n) is 6.78. The number of benzene rings is 1. The van der Waals surface area contributed by atoms with Gasteiger partial charge in [0.05, 0.1) is 20.3 Å². The van der Waals surface area contributed by atoms with Gasteiger partial charge in [-0.2, -0.15) is 0 Å². The van der Waals surface area contributed by atoms with Crippen LogP contribution in [0.3, 0.4) is 0 Å². The molecule has 0 atom stereocenters. The van der Waals surface area contributed by atoms with E-state index in [-0.39, 0.29) is 18.1 Å². The van der Waals surface area contributed by atoms with Crippen molar-refractivity contribution in [2.24, 2.45) is 0 Å². The molecule has 0 amide bonds. The molecule has 1 aromatic heterocycles. The van der Waals surface area contributed by atoms with Crippen molar-refractivity contribution >= 4 is 11.8 Å². The maximum atomic E-state index is 11.6. The van der Waals surface area contributed by atoms with Gasteiger partial charge in [-0.05, 0) is 31.2 Å². The molecule has 8 nitrogen and oxygen atoms in total. The zero-order chi connectivity index (χ0) is 15.9. The number of rotatable bonds is 7. The van der Waals surface area contributed by atoms with Crippen LogP contribution in [0.4, 0.5) is 5.82 Å². The fourth-order valence-corrected chi connectivity index (χ4v) is 1.75. The van der Waals surface area contributed by atoms with Gasteiger partial charge in [-0.15, -0.1) is 5.10 Å². The number of aromatic nitrogens is 3. The van der Waals surface area contributed by atoms with E-state index in [4.69, 9.17) is 19.9 Å². The molecule has 118 valence electrons. The first kappa shape index (κ1) is 15.6. The zero-order valence-electron chi connectivity index (χ0n) is 12.5. The predicted octanol–water partition coefficient (Wildman–Crippen LogP) is 1.12. The van der Waals surface area contributed by atoms with Crippen LogP contribution in [0.25, 0.3) is 0 Å². The lowest BCUT2D eigenvalue weighted by Gasteiger charge is -2.07. The molecular weight excluding hydrogens is 288 g/mol. The summed E-state index contributed by atoms with van der Waals surface area (Å²) in [5, 5.41) is 7.54. The molecule has 0 bridgehead atoms. The standard InChI is InChI=1S/C14H18N4O4/c1-3-21-14(19)12-13(15)18(17-16-12)8-9-22-11-6-4-10(20-2)5-7-11/h4-7H,3,8-9,15H2,1-2H3. The van der Waals surface area contributed by atoms with Gasteiger partial charge in [0.1, 0.15) is 18.1 Å². The highest BCUT2D eigenvalue weighted by Gasteiger charge is 2.18. The van der Waals surface area contributed by atoms with E-state index in [0.717, 1.165) is 5.75 Å². The van der Waals surface area contributed by atoms with Crippen LogP contribution in [0.1, 0.15) is 17.4 Å². The van der Waals surface area contributed by atoms with E-state index in [9.17, 15) is 4.79 Å². The van der Waals surface area contributed by atoms with Crippen molar-refractivity contribution in [2.45, 2.75) is 13.5 Å². The molecule has 0 saturated heterocycles. The molecule has 0 aliphatic rings. The van der Waals surface area contributed by atoms with Gasteiger partial charge in [-0.25, -0.2) is 9.48 Å². The van der Waals surface area contributed by atoms with Crippen LogP contribution in [0.15, 0.2) is 24.3 Å². The highest BCUT2D eigenvalue weighted by atomic mass is 16.5. The van der Waals surface area contributed by atoms with Gasteiger partial charge in [-0.1, -0.05) is 5.21 Å². The fraction of sp³-hybridized carbons (Fsp3) is 0.357. The van der Waals surface area contributed by atoms with E-state index in [2.05, 4.69) is 10.3 Å². The Hall–Kier alpha value is -2.77. The number of ether oxygens (including phenoxy) is 3. The number of nitrogens with zero attached hydrogens (tertiary/aromatic N) is 3. The van der Waals surface area contributed by atoms with Crippen LogP contribution in [-0.4, -0.2) is 41.3 Å².